The Morgan fingerprint density at radius 3 is 1.43 bits per heavy atom. The Balaban J connectivity index is 0.000000765. The molecule has 4 heteroatoms. The molecule has 0 fully saturated rings. The quantitative estimate of drug-likeness (QED) is 0.0530. The molecule has 0 bridgehead atoms. The van der Waals surface area contributed by atoms with E-state index >= 15 is 0 Å². The molecule has 0 aromatic heterocycles. The Hall–Kier alpha value is -1.81. The van der Waals surface area contributed by atoms with Crippen LogP contribution in [0.1, 0.15) is 161 Å². The van der Waals surface area contributed by atoms with Gasteiger partial charge >= 0.3 is 5.97 Å². The first kappa shape index (κ1) is 38.2. The van der Waals surface area contributed by atoms with Crippen LogP contribution in [0.4, 0.5) is 0 Å². The Bertz CT molecular complexity index is 655. The van der Waals surface area contributed by atoms with Crippen molar-refractivity contribution in [3.63, 3.8) is 0 Å². The topological polar surface area (TPSA) is 55.8 Å². The van der Waals surface area contributed by atoms with Crippen LogP contribution >= 0.6 is 0 Å². The second-order valence-corrected chi connectivity index (χ2v) is 11.1. The van der Waals surface area contributed by atoms with E-state index in [0.29, 0.717) is 13.2 Å². The van der Waals surface area contributed by atoms with Gasteiger partial charge in [-0.3, -0.25) is 0 Å². The fourth-order valence-corrected chi connectivity index (χ4v) is 4.68. The summed E-state index contributed by atoms with van der Waals surface area (Å²) in [4.78, 5) is 11.9. The van der Waals surface area contributed by atoms with Crippen LogP contribution in [-0.2, 0) is 14.3 Å². The van der Waals surface area contributed by atoms with Gasteiger partial charge in [-0.1, -0.05) is 173 Å². The minimum absolute atomic E-state index is 0.243. The Kier molecular flexibility index (Phi) is 30.3. The van der Waals surface area contributed by atoms with Crippen LogP contribution in [0.3, 0.4) is 0 Å². The van der Waals surface area contributed by atoms with Crippen molar-refractivity contribution in [1.29, 1.82) is 0 Å². The van der Waals surface area contributed by atoms with E-state index in [0.717, 1.165) is 24.8 Å². The van der Waals surface area contributed by atoms with Gasteiger partial charge in [-0.2, -0.15) is 0 Å². The van der Waals surface area contributed by atoms with Gasteiger partial charge in [0.1, 0.15) is 0 Å². The number of unbranched alkanes of at least 4 members (excludes halogenated alkanes) is 20. The highest BCUT2D eigenvalue weighted by molar-refractivity contribution is 5.91. The average Bonchev–Trinajstić information content (AvgIpc) is 2.98. The van der Waals surface area contributed by atoms with Gasteiger partial charge in [-0.25, -0.2) is 4.79 Å². The maximum atomic E-state index is 11.9. The Morgan fingerprint density at radius 1 is 0.625 bits per heavy atom. The van der Waals surface area contributed by atoms with Gasteiger partial charge in [0.25, 0.3) is 0 Å². The summed E-state index contributed by atoms with van der Waals surface area (Å²) in [5.41, 5.74) is 0.922. The number of aliphatic hydroxyl groups is 1. The minimum Gasteiger partial charge on any atom is -0.490 e. The van der Waals surface area contributed by atoms with Gasteiger partial charge in [0, 0.05) is 6.61 Å². The third kappa shape index (κ3) is 26.4. The fourth-order valence-electron chi connectivity index (χ4n) is 4.68. The zero-order valence-corrected chi connectivity index (χ0v) is 26.6. The molecule has 0 aliphatic carbocycles. The Labute approximate surface area is 248 Å². The predicted molar refractivity (Wildman–Crippen MR) is 172 cm³/mol. The van der Waals surface area contributed by atoms with Crippen molar-refractivity contribution in [2.24, 2.45) is 0 Å². The number of hydrogen-bond donors (Lipinski definition) is 1. The van der Waals surface area contributed by atoms with Crippen molar-refractivity contribution in [3.8, 4) is 0 Å². The number of hydrogen-bond acceptors (Lipinski definition) is 4. The van der Waals surface area contributed by atoms with Crippen LogP contribution in [0.15, 0.2) is 36.1 Å². The molecule has 1 N–H and O–H groups in total. The van der Waals surface area contributed by atoms with E-state index in [1.54, 1.807) is 6.08 Å². The van der Waals surface area contributed by atoms with Crippen molar-refractivity contribution >= 4 is 12.0 Å². The van der Waals surface area contributed by atoms with Crippen molar-refractivity contribution in [3.05, 3.63) is 41.7 Å². The molecule has 0 spiro atoms. The molecule has 0 atom stereocenters. The number of benzene rings is 1. The second-order valence-electron chi connectivity index (χ2n) is 11.1. The van der Waals surface area contributed by atoms with Crippen molar-refractivity contribution in [2.45, 2.75) is 155 Å². The molecule has 40 heavy (non-hydrogen) atoms. The highest BCUT2D eigenvalue weighted by Gasteiger charge is 2.11. The van der Waals surface area contributed by atoms with E-state index < -0.39 is 5.97 Å². The lowest BCUT2D eigenvalue weighted by atomic mass is 10.0. The van der Waals surface area contributed by atoms with Crippen LogP contribution in [0, 0.1) is 0 Å². The van der Waals surface area contributed by atoms with E-state index in [9.17, 15) is 4.79 Å². The van der Waals surface area contributed by atoms with E-state index in [1.165, 1.54) is 129 Å². The summed E-state index contributed by atoms with van der Waals surface area (Å²) in [6.45, 7) is 5.32. The number of aliphatic hydroxyl groups excluding tert-OH is 1. The average molecular weight is 561 g/mol. The molecule has 0 amide bonds. The van der Waals surface area contributed by atoms with Gasteiger partial charge in [-0.05, 0) is 24.5 Å². The normalized spacial score (nSPS) is 11.2. The van der Waals surface area contributed by atoms with E-state index in [1.807, 2.05) is 30.3 Å². The first-order chi connectivity index (χ1) is 19.7. The first-order valence-corrected chi connectivity index (χ1v) is 16.8. The Morgan fingerprint density at radius 2 is 1.02 bits per heavy atom. The van der Waals surface area contributed by atoms with Gasteiger partial charge in [0.05, 0.1) is 13.7 Å². The highest BCUT2D eigenvalue weighted by Crippen LogP contribution is 2.14. The SMILES string of the molecule is CCCCCCCCCCCCCCCCCCO.CCCCCCCCOC(=O)C(=Cc1ccccc1)OC. The number of rotatable bonds is 26. The molecule has 0 radical (unpaired) electrons. The summed E-state index contributed by atoms with van der Waals surface area (Å²) in [5, 5.41) is 8.67. The molecule has 1 aromatic carbocycles. The highest BCUT2D eigenvalue weighted by atomic mass is 16.6. The summed E-state index contributed by atoms with van der Waals surface area (Å²) >= 11 is 0. The number of carbonyl (C=O) groups excluding carboxylic acids is 1. The number of ether oxygens (including phenoxy) is 2. The molecule has 1 rings (SSSR count). The molecule has 0 aliphatic rings. The smallest absolute Gasteiger partial charge is 0.373 e. The molecular formula is C36H64O4. The van der Waals surface area contributed by atoms with Crippen molar-refractivity contribution in [2.75, 3.05) is 20.3 Å². The molecule has 4 nitrogen and oxygen atoms in total. The number of methoxy groups -OCH3 is 1. The minimum atomic E-state index is -0.394. The largest absolute Gasteiger partial charge is 0.490 e. The van der Waals surface area contributed by atoms with Gasteiger partial charge in [0.15, 0.2) is 0 Å². The standard InChI is InChI=1S/C18H26O3.C18H38O/c1-3-4-5-6-7-11-14-21-18(19)17(20-2)15-16-12-9-8-10-13-16;1-2-3-4-5-6-7-8-9-10-11-12-13-14-15-16-17-18-19/h8-10,12-13,15H,3-7,11,14H2,1-2H3;19H,2-18H2,1H3. The second kappa shape index (κ2) is 31.7. The third-order valence-corrected chi connectivity index (χ3v) is 7.26. The molecule has 0 saturated heterocycles. The lowest BCUT2D eigenvalue weighted by Crippen LogP contribution is -2.10. The summed E-state index contributed by atoms with van der Waals surface area (Å²) in [6.07, 6.45) is 30.9. The van der Waals surface area contributed by atoms with Crippen LogP contribution in [-0.4, -0.2) is 31.4 Å². The summed E-state index contributed by atoms with van der Waals surface area (Å²) in [5.74, 6) is -0.151. The number of carbonyl (C=O) groups is 1. The molecular weight excluding hydrogens is 496 g/mol. The molecule has 0 heterocycles. The summed E-state index contributed by atoms with van der Waals surface area (Å²) in [7, 11) is 1.49. The maximum Gasteiger partial charge on any atom is 0.373 e. The van der Waals surface area contributed by atoms with Gasteiger partial charge in [-0.15, -0.1) is 0 Å². The third-order valence-electron chi connectivity index (χ3n) is 7.26. The van der Waals surface area contributed by atoms with Crippen LogP contribution in [0.25, 0.3) is 6.08 Å². The zero-order valence-electron chi connectivity index (χ0n) is 26.6. The molecule has 0 saturated carbocycles. The fraction of sp³-hybridized carbons (Fsp3) is 0.750. The van der Waals surface area contributed by atoms with Gasteiger partial charge in [0.2, 0.25) is 5.76 Å². The molecule has 0 unspecified atom stereocenters. The maximum absolute atomic E-state index is 11.9. The summed E-state index contributed by atoms with van der Waals surface area (Å²) in [6, 6.07) is 9.60. The van der Waals surface area contributed by atoms with E-state index in [-0.39, 0.29) is 5.76 Å². The first-order valence-electron chi connectivity index (χ1n) is 16.8. The summed E-state index contributed by atoms with van der Waals surface area (Å²) < 4.78 is 10.4. The predicted octanol–water partition coefficient (Wildman–Crippen LogP) is 10.8. The molecule has 0 aliphatic heterocycles. The van der Waals surface area contributed by atoms with E-state index in [4.69, 9.17) is 14.6 Å². The van der Waals surface area contributed by atoms with Crippen LogP contribution < -0.4 is 0 Å². The molecule has 232 valence electrons. The number of esters is 1. The van der Waals surface area contributed by atoms with Gasteiger partial charge < -0.3 is 14.6 Å². The van der Waals surface area contributed by atoms with Crippen molar-refractivity contribution in [1.82, 2.24) is 0 Å². The zero-order chi connectivity index (χ0) is 29.4. The lowest BCUT2D eigenvalue weighted by molar-refractivity contribution is -0.142. The lowest BCUT2D eigenvalue weighted by Gasteiger charge is -2.07. The van der Waals surface area contributed by atoms with Crippen molar-refractivity contribution < 1.29 is 19.4 Å². The molecule has 1 aromatic rings. The monoisotopic (exact) mass is 560 g/mol. The van der Waals surface area contributed by atoms with Crippen LogP contribution in [0.5, 0.6) is 0 Å². The van der Waals surface area contributed by atoms with E-state index in [2.05, 4.69) is 13.8 Å². The van der Waals surface area contributed by atoms with Crippen LogP contribution in [0.2, 0.25) is 0 Å².